The zero-order valence-corrected chi connectivity index (χ0v) is 14.4. The molecule has 0 aromatic carbocycles. The van der Waals surface area contributed by atoms with E-state index in [1.807, 2.05) is 12.4 Å². The van der Waals surface area contributed by atoms with Crippen LogP contribution < -0.4 is 20.9 Å². The van der Waals surface area contributed by atoms with E-state index in [1.165, 1.54) is 35.3 Å². The molecule has 1 aliphatic carbocycles. The third-order valence-corrected chi connectivity index (χ3v) is 5.39. The summed E-state index contributed by atoms with van der Waals surface area (Å²) >= 11 is 0. The van der Waals surface area contributed by atoms with E-state index in [-0.39, 0.29) is 0 Å². The van der Waals surface area contributed by atoms with Crippen LogP contribution in [-0.4, -0.2) is 36.1 Å². The van der Waals surface area contributed by atoms with Crippen LogP contribution in [0.4, 0.5) is 17.2 Å². The molecule has 130 valence electrons. The maximum Gasteiger partial charge on any atom is 0.130 e. The first-order valence-electron chi connectivity index (χ1n) is 9.28. The van der Waals surface area contributed by atoms with Crippen molar-refractivity contribution in [3.63, 3.8) is 0 Å². The molecule has 3 N–H and O–H groups in total. The molecule has 0 atom stereocenters. The maximum atomic E-state index is 4.75. The van der Waals surface area contributed by atoms with E-state index in [9.17, 15) is 0 Å². The van der Waals surface area contributed by atoms with Crippen LogP contribution in [0.5, 0.6) is 0 Å². The van der Waals surface area contributed by atoms with Crippen molar-refractivity contribution in [3.8, 4) is 0 Å². The van der Waals surface area contributed by atoms with E-state index in [2.05, 4.69) is 38.0 Å². The summed E-state index contributed by atoms with van der Waals surface area (Å²) in [5.74, 6) is 1.58. The average molecular weight is 336 g/mol. The Kier molecular flexibility index (Phi) is 3.79. The maximum absolute atomic E-state index is 4.75. The zero-order chi connectivity index (χ0) is 16.6. The number of fused-ring (bicyclic) bond motifs is 1. The summed E-state index contributed by atoms with van der Waals surface area (Å²) in [5, 5.41) is 10.3. The number of hydrogen-bond donors (Lipinski definition) is 3. The van der Waals surface area contributed by atoms with Gasteiger partial charge in [-0.25, -0.2) is 4.98 Å². The molecule has 1 saturated heterocycles. The third kappa shape index (κ3) is 2.96. The lowest BCUT2D eigenvalue weighted by molar-refractivity contribution is 0.589. The Morgan fingerprint density at radius 3 is 2.56 bits per heavy atom. The highest BCUT2D eigenvalue weighted by atomic mass is 15.2. The molecule has 2 fully saturated rings. The average Bonchev–Trinajstić information content (AvgIpc) is 3.39. The summed E-state index contributed by atoms with van der Waals surface area (Å²) in [5.41, 5.74) is 6.37. The molecule has 0 radical (unpaired) electrons. The minimum Gasteiger partial charge on any atom is -0.368 e. The Hall–Kier alpha value is -2.18. The van der Waals surface area contributed by atoms with Crippen LogP contribution >= 0.6 is 0 Å². The Labute approximate surface area is 148 Å². The van der Waals surface area contributed by atoms with Gasteiger partial charge in [-0.2, -0.15) is 0 Å². The number of anilines is 3. The van der Waals surface area contributed by atoms with Crippen LogP contribution in [0.2, 0.25) is 0 Å². The van der Waals surface area contributed by atoms with Crippen molar-refractivity contribution < 1.29 is 0 Å². The van der Waals surface area contributed by atoms with E-state index >= 15 is 0 Å². The molecular formula is C19H24N6. The van der Waals surface area contributed by atoms with Gasteiger partial charge in [-0.15, -0.1) is 0 Å². The fourth-order valence-electron chi connectivity index (χ4n) is 3.84. The fraction of sp³-hybridized carbons (Fsp3) is 0.474. The number of rotatable bonds is 4. The standard InChI is InChI=1S/C19H24N6/c1-2-13(1)19-16-11-21-10-15(16)17(12-23-19)24-18-4-3-14(9-22-18)25-7-5-20-6-8-25/h3-4,9,12-13,20-21H,1-2,5-8,10-11H2,(H,22,24). The molecule has 2 aliphatic heterocycles. The second kappa shape index (κ2) is 6.28. The largest absolute Gasteiger partial charge is 0.368 e. The molecule has 0 spiro atoms. The summed E-state index contributed by atoms with van der Waals surface area (Å²) in [6.45, 7) is 6.02. The smallest absolute Gasteiger partial charge is 0.130 e. The van der Waals surface area contributed by atoms with Crippen molar-refractivity contribution in [2.45, 2.75) is 31.8 Å². The first-order valence-corrected chi connectivity index (χ1v) is 9.28. The molecule has 2 aromatic rings. The number of hydrogen-bond acceptors (Lipinski definition) is 6. The van der Waals surface area contributed by atoms with Gasteiger partial charge in [0, 0.05) is 50.9 Å². The van der Waals surface area contributed by atoms with Gasteiger partial charge >= 0.3 is 0 Å². The highest BCUT2D eigenvalue weighted by Crippen LogP contribution is 2.43. The Balaban J connectivity index is 1.36. The predicted molar refractivity (Wildman–Crippen MR) is 99.4 cm³/mol. The minimum atomic E-state index is 0.694. The van der Waals surface area contributed by atoms with Crippen LogP contribution in [0.1, 0.15) is 35.6 Å². The van der Waals surface area contributed by atoms with Crippen LogP contribution in [0.3, 0.4) is 0 Å². The van der Waals surface area contributed by atoms with Crippen LogP contribution in [0.25, 0.3) is 0 Å². The molecule has 25 heavy (non-hydrogen) atoms. The lowest BCUT2D eigenvalue weighted by Gasteiger charge is -2.29. The topological polar surface area (TPSA) is 65.1 Å². The first kappa shape index (κ1) is 15.1. The second-order valence-electron chi connectivity index (χ2n) is 7.16. The van der Waals surface area contributed by atoms with Crippen LogP contribution in [0, 0.1) is 0 Å². The summed E-state index contributed by atoms with van der Waals surface area (Å²) in [4.78, 5) is 11.8. The van der Waals surface area contributed by atoms with Crippen molar-refractivity contribution in [1.29, 1.82) is 0 Å². The van der Waals surface area contributed by atoms with Gasteiger partial charge in [0.1, 0.15) is 5.82 Å². The lowest BCUT2D eigenvalue weighted by Crippen LogP contribution is -2.43. The van der Waals surface area contributed by atoms with E-state index in [1.54, 1.807) is 0 Å². The number of piperazine rings is 1. The Morgan fingerprint density at radius 2 is 1.80 bits per heavy atom. The van der Waals surface area contributed by atoms with Crippen molar-refractivity contribution >= 4 is 17.2 Å². The van der Waals surface area contributed by atoms with E-state index in [0.29, 0.717) is 5.92 Å². The summed E-state index contributed by atoms with van der Waals surface area (Å²) < 4.78 is 0. The highest BCUT2D eigenvalue weighted by molar-refractivity contribution is 5.64. The van der Waals surface area contributed by atoms with Gasteiger partial charge in [-0.1, -0.05) is 0 Å². The predicted octanol–water partition coefficient (Wildman–Crippen LogP) is 2.11. The molecule has 4 heterocycles. The van der Waals surface area contributed by atoms with Gasteiger partial charge in [0.05, 0.1) is 23.8 Å². The van der Waals surface area contributed by atoms with Crippen LogP contribution in [0.15, 0.2) is 24.5 Å². The van der Waals surface area contributed by atoms with E-state index in [4.69, 9.17) is 4.98 Å². The monoisotopic (exact) mass is 336 g/mol. The molecule has 0 amide bonds. The molecule has 0 bridgehead atoms. The lowest BCUT2D eigenvalue weighted by atomic mass is 10.0. The number of pyridine rings is 2. The third-order valence-electron chi connectivity index (χ3n) is 5.39. The van der Waals surface area contributed by atoms with Gasteiger partial charge in [-0.05, 0) is 36.1 Å². The molecule has 2 aromatic heterocycles. The normalized spacial score (nSPS) is 19.8. The van der Waals surface area contributed by atoms with Gasteiger partial charge in [0.15, 0.2) is 0 Å². The van der Waals surface area contributed by atoms with E-state index in [0.717, 1.165) is 50.8 Å². The number of nitrogens with zero attached hydrogens (tertiary/aromatic N) is 3. The molecular weight excluding hydrogens is 312 g/mol. The van der Waals surface area contributed by atoms with Crippen molar-refractivity contribution in [2.75, 3.05) is 36.4 Å². The SMILES string of the molecule is c1cc(Nc2cnc(C3CC3)c3c2CNC3)ncc1N1CCNCC1. The highest BCUT2D eigenvalue weighted by Gasteiger charge is 2.31. The number of nitrogens with one attached hydrogen (secondary N) is 3. The molecule has 0 unspecified atom stereocenters. The molecule has 5 rings (SSSR count). The number of aromatic nitrogens is 2. The van der Waals surface area contributed by atoms with Crippen molar-refractivity contribution in [3.05, 3.63) is 41.3 Å². The van der Waals surface area contributed by atoms with Gasteiger partial charge in [0.2, 0.25) is 0 Å². The van der Waals surface area contributed by atoms with E-state index < -0.39 is 0 Å². The quantitative estimate of drug-likeness (QED) is 0.795. The molecule has 3 aliphatic rings. The Bertz CT molecular complexity index is 762. The van der Waals surface area contributed by atoms with Crippen LogP contribution in [-0.2, 0) is 13.1 Å². The molecule has 6 heteroatoms. The molecule has 1 saturated carbocycles. The second-order valence-corrected chi connectivity index (χ2v) is 7.16. The minimum absolute atomic E-state index is 0.694. The molecule has 6 nitrogen and oxygen atoms in total. The van der Waals surface area contributed by atoms with Gasteiger partial charge < -0.3 is 20.9 Å². The first-order chi connectivity index (χ1) is 12.4. The van der Waals surface area contributed by atoms with Crippen molar-refractivity contribution in [1.82, 2.24) is 20.6 Å². The van der Waals surface area contributed by atoms with Gasteiger partial charge in [-0.3, -0.25) is 4.98 Å². The Morgan fingerprint density at radius 1 is 0.960 bits per heavy atom. The van der Waals surface area contributed by atoms with Crippen molar-refractivity contribution in [2.24, 2.45) is 0 Å². The summed E-state index contributed by atoms with van der Waals surface area (Å²) in [6, 6.07) is 4.23. The summed E-state index contributed by atoms with van der Waals surface area (Å²) in [7, 11) is 0. The zero-order valence-electron chi connectivity index (χ0n) is 14.4. The fourth-order valence-corrected chi connectivity index (χ4v) is 3.84. The summed E-state index contributed by atoms with van der Waals surface area (Å²) in [6.07, 6.45) is 6.55. The van der Waals surface area contributed by atoms with Gasteiger partial charge in [0.25, 0.3) is 0 Å².